The van der Waals surface area contributed by atoms with Crippen LogP contribution in [-0.2, 0) is 17.8 Å². The summed E-state index contributed by atoms with van der Waals surface area (Å²) in [5.41, 5.74) is 4.58. The molecule has 36 heavy (non-hydrogen) atoms. The fourth-order valence-electron chi connectivity index (χ4n) is 4.83. The summed E-state index contributed by atoms with van der Waals surface area (Å²) < 4.78 is 13.1. The van der Waals surface area contributed by atoms with Crippen LogP contribution in [0.25, 0.3) is 11.4 Å². The van der Waals surface area contributed by atoms with Gasteiger partial charge in [0.2, 0.25) is 12.7 Å². The van der Waals surface area contributed by atoms with Gasteiger partial charge in [0.1, 0.15) is 0 Å². The van der Waals surface area contributed by atoms with E-state index in [0.29, 0.717) is 11.7 Å². The Hall–Kier alpha value is -3.78. The van der Waals surface area contributed by atoms with E-state index >= 15 is 0 Å². The molecule has 1 aliphatic heterocycles. The molecule has 2 aliphatic rings. The number of aryl methyl sites for hydroxylation is 1. The van der Waals surface area contributed by atoms with E-state index in [0.717, 1.165) is 47.7 Å². The van der Waals surface area contributed by atoms with Gasteiger partial charge in [0.25, 0.3) is 0 Å². The highest BCUT2D eigenvalue weighted by molar-refractivity contribution is 7.99. The number of nitrogens with zero attached hydrogens (tertiary/aromatic N) is 3. The lowest BCUT2D eigenvalue weighted by Crippen LogP contribution is -2.32. The minimum absolute atomic E-state index is 0.000550. The second kappa shape index (κ2) is 10.1. The largest absolute Gasteiger partial charge is 0.454 e. The van der Waals surface area contributed by atoms with Crippen LogP contribution >= 0.6 is 11.8 Å². The van der Waals surface area contributed by atoms with Gasteiger partial charge < -0.3 is 14.8 Å². The Morgan fingerprint density at radius 3 is 2.75 bits per heavy atom. The van der Waals surface area contributed by atoms with E-state index in [9.17, 15) is 4.79 Å². The monoisotopic (exact) mass is 498 g/mol. The Labute approximate surface area is 213 Å². The number of rotatable bonds is 7. The van der Waals surface area contributed by atoms with Gasteiger partial charge >= 0.3 is 0 Å². The van der Waals surface area contributed by atoms with Crippen molar-refractivity contribution < 1.29 is 14.3 Å². The van der Waals surface area contributed by atoms with Crippen LogP contribution in [-0.4, -0.2) is 33.2 Å². The van der Waals surface area contributed by atoms with Gasteiger partial charge in [-0.2, -0.15) is 0 Å². The molecule has 7 nitrogen and oxygen atoms in total. The van der Waals surface area contributed by atoms with Crippen LogP contribution in [0.15, 0.2) is 78.0 Å². The summed E-state index contributed by atoms with van der Waals surface area (Å²) in [5.74, 6) is 2.52. The smallest absolute Gasteiger partial charge is 0.231 e. The van der Waals surface area contributed by atoms with E-state index in [1.165, 1.54) is 22.9 Å². The number of hydrogen-bond donors (Lipinski definition) is 1. The lowest BCUT2D eigenvalue weighted by atomic mass is 9.88. The summed E-state index contributed by atoms with van der Waals surface area (Å²) in [4.78, 5) is 12.9. The number of thioether (sulfide) groups is 1. The van der Waals surface area contributed by atoms with Crippen molar-refractivity contribution in [3.05, 3.63) is 89.5 Å². The van der Waals surface area contributed by atoms with Crippen molar-refractivity contribution in [2.45, 2.75) is 37.0 Å². The first kappa shape index (κ1) is 22.7. The molecule has 0 saturated heterocycles. The number of amides is 1. The van der Waals surface area contributed by atoms with E-state index in [1.807, 2.05) is 54.6 Å². The van der Waals surface area contributed by atoms with Crippen molar-refractivity contribution in [1.29, 1.82) is 0 Å². The molecular weight excluding hydrogens is 472 g/mol. The normalized spacial score (nSPS) is 15.9. The maximum atomic E-state index is 12.9. The summed E-state index contributed by atoms with van der Waals surface area (Å²) in [5, 5.41) is 12.9. The minimum atomic E-state index is 0.000550. The van der Waals surface area contributed by atoms with Crippen LogP contribution in [0.3, 0.4) is 0 Å². The molecule has 182 valence electrons. The van der Waals surface area contributed by atoms with E-state index < -0.39 is 0 Å². The second-order valence-electron chi connectivity index (χ2n) is 8.95. The van der Waals surface area contributed by atoms with Crippen LogP contribution in [0.2, 0.25) is 0 Å². The molecule has 1 atom stereocenters. The number of hydrogen-bond acceptors (Lipinski definition) is 6. The second-order valence-corrected chi connectivity index (χ2v) is 9.89. The van der Waals surface area contributed by atoms with Crippen LogP contribution < -0.4 is 14.8 Å². The van der Waals surface area contributed by atoms with Gasteiger partial charge in [-0.1, -0.05) is 72.4 Å². The van der Waals surface area contributed by atoms with E-state index in [-0.39, 0.29) is 24.5 Å². The molecule has 8 heteroatoms. The van der Waals surface area contributed by atoms with E-state index in [1.54, 1.807) is 0 Å². The predicted molar refractivity (Wildman–Crippen MR) is 138 cm³/mol. The first-order chi connectivity index (χ1) is 17.7. The summed E-state index contributed by atoms with van der Waals surface area (Å²) in [7, 11) is 0. The molecule has 2 heterocycles. The average Bonchev–Trinajstić information content (AvgIpc) is 3.55. The van der Waals surface area contributed by atoms with Crippen LogP contribution in [0, 0.1) is 0 Å². The average molecular weight is 499 g/mol. The van der Waals surface area contributed by atoms with Gasteiger partial charge in [0.05, 0.1) is 18.3 Å². The van der Waals surface area contributed by atoms with Crippen molar-refractivity contribution in [3.8, 4) is 22.9 Å². The van der Waals surface area contributed by atoms with Crippen LogP contribution in [0.5, 0.6) is 11.5 Å². The minimum Gasteiger partial charge on any atom is -0.454 e. The fourth-order valence-corrected chi connectivity index (χ4v) is 5.58. The first-order valence-electron chi connectivity index (χ1n) is 12.1. The molecule has 1 N–H and O–H groups in total. The van der Waals surface area contributed by atoms with Gasteiger partial charge in [-0.05, 0) is 48.1 Å². The quantitative estimate of drug-likeness (QED) is 0.361. The van der Waals surface area contributed by atoms with Crippen LogP contribution in [0.1, 0.15) is 35.6 Å². The zero-order chi connectivity index (χ0) is 24.3. The van der Waals surface area contributed by atoms with E-state index in [2.05, 4.69) is 38.3 Å². The molecule has 6 rings (SSSR count). The SMILES string of the molecule is O=C(CSc1nnc(-c2ccccc2)n1Cc1ccc2c(c1)OCO2)NC1CCCc2ccccc21. The topological polar surface area (TPSA) is 78.3 Å². The van der Waals surface area contributed by atoms with Gasteiger partial charge in [-0.15, -0.1) is 10.2 Å². The predicted octanol–water partition coefficient (Wildman–Crippen LogP) is 5.01. The molecule has 0 radical (unpaired) electrons. The number of carbonyl (C=O) groups is 1. The molecule has 0 fully saturated rings. The number of fused-ring (bicyclic) bond motifs is 2. The zero-order valence-corrected chi connectivity index (χ0v) is 20.5. The summed E-state index contributed by atoms with van der Waals surface area (Å²) in [6.45, 7) is 0.788. The van der Waals surface area contributed by atoms with Crippen molar-refractivity contribution in [3.63, 3.8) is 0 Å². The van der Waals surface area contributed by atoms with Crippen molar-refractivity contribution in [2.24, 2.45) is 0 Å². The third kappa shape index (κ3) is 4.68. The molecule has 1 aromatic heterocycles. The highest BCUT2D eigenvalue weighted by Gasteiger charge is 2.23. The molecule has 1 unspecified atom stereocenters. The summed E-state index contributed by atoms with van der Waals surface area (Å²) in [6.07, 6.45) is 3.12. The third-order valence-electron chi connectivity index (χ3n) is 6.56. The number of aromatic nitrogens is 3. The van der Waals surface area contributed by atoms with Gasteiger partial charge in [0, 0.05) is 5.56 Å². The van der Waals surface area contributed by atoms with Crippen molar-refractivity contribution >= 4 is 17.7 Å². The Bertz CT molecular complexity index is 1390. The number of nitrogens with one attached hydrogen (secondary N) is 1. The van der Waals surface area contributed by atoms with Gasteiger partial charge in [0.15, 0.2) is 22.5 Å². The molecule has 0 bridgehead atoms. The van der Waals surface area contributed by atoms with Gasteiger partial charge in [-0.25, -0.2) is 0 Å². The fraction of sp³-hybridized carbons (Fsp3) is 0.250. The van der Waals surface area contributed by atoms with E-state index in [4.69, 9.17) is 9.47 Å². The molecule has 4 aromatic rings. The lowest BCUT2D eigenvalue weighted by molar-refractivity contribution is -0.119. The Morgan fingerprint density at radius 1 is 1.00 bits per heavy atom. The van der Waals surface area contributed by atoms with Crippen molar-refractivity contribution in [1.82, 2.24) is 20.1 Å². The summed E-state index contributed by atoms with van der Waals surface area (Å²) in [6, 6.07) is 24.4. The Kier molecular flexibility index (Phi) is 6.34. The third-order valence-corrected chi connectivity index (χ3v) is 7.53. The maximum absolute atomic E-state index is 12.9. The molecule has 0 saturated carbocycles. The molecule has 1 aliphatic carbocycles. The number of carbonyl (C=O) groups excluding carboxylic acids is 1. The highest BCUT2D eigenvalue weighted by Crippen LogP contribution is 2.34. The van der Waals surface area contributed by atoms with Crippen LogP contribution in [0.4, 0.5) is 0 Å². The molecule has 1 amide bonds. The molecule has 3 aromatic carbocycles. The highest BCUT2D eigenvalue weighted by atomic mass is 32.2. The Balaban J connectivity index is 1.21. The Morgan fingerprint density at radius 2 is 1.83 bits per heavy atom. The lowest BCUT2D eigenvalue weighted by Gasteiger charge is -2.26. The molecular formula is C28H26N4O3S. The number of ether oxygens (including phenoxy) is 2. The summed E-state index contributed by atoms with van der Waals surface area (Å²) >= 11 is 1.41. The standard InChI is InChI=1S/C28H26N4O3S/c33-26(29-23-12-6-10-20-7-4-5-11-22(20)23)17-36-28-31-30-27(21-8-2-1-3-9-21)32(28)16-19-13-14-24-25(15-19)35-18-34-24/h1-5,7-9,11,13-15,23H,6,10,12,16-18H2,(H,29,33). The first-order valence-corrected chi connectivity index (χ1v) is 13.1. The van der Waals surface area contributed by atoms with Crippen molar-refractivity contribution in [2.75, 3.05) is 12.5 Å². The zero-order valence-electron chi connectivity index (χ0n) is 19.7. The molecule has 0 spiro atoms. The maximum Gasteiger partial charge on any atom is 0.231 e. The van der Waals surface area contributed by atoms with Gasteiger partial charge in [-0.3, -0.25) is 9.36 Å². The number of benzene rings is 3.